The molecule has 1 unspecified atom stereocenters. The molecule has 2 amide bonds. The number of nitrogens with one attached hydrogen (secondary N) is 2. The van der Waals surface area contributed by atoms with E-state index in [4.69, 9.17) is 5.73 Å². The predicted octanol–water partition coefficient (Wildman–Crippen LogP) is 9.08. The molecule has 6 nitrogen and oxygen atoms in total. The SMILES string of the molecule is CCCCCCCCCCCCCCCC(=O)NCC(NC(=O)CCCCCCCCCCCCCCC)C(=O)CN. The third-order valence-electron chi connectivity index (χ3n) is 8.44. The van der Waals surface area contributed by atoms with Gasteiger partial charge in [0.25, 0.3) is 0 Å². The molecule has 0 spiro atoms. The summed E-state index contributed by atoms with van der Waals surface area (Å²) in [5.74, 6) is -0.427. The molecule has 0 aromatic rings. The summed E-state index contributed by atoms with van der Waals surface area (Å²) in [5.41, 5.74) is 5.56. The quantitative estimate of drug-likeness (QED) is 0.0661. The van der Waals surface area contributed by atoms with Crippen molar-refractivity contribution in [3.05, 3.63) is 0 Å². The van der Waals surface area contributed by atoms with Crippen molar-refractivity contribution >= 4 is 17.6 Å². The highest BCUT2D eigenvalue weighted by atomic mass is 16.2. The van der Waals surface area contributed by atoms with Crippen molar-refractivity contribution in [2.45, 2.75) is 200 Å². The Bertz CT molecular complexity index is 626. The first-order valence-corrected chi connectivity index (χ1v) is 18.3. The average molecular weight is 594 g/mol. The Hall–Kier alpha value is -1.43. The highest BCUT2D eigenvalue weighted by molar-refractivity contribution is 5.91. The Morgan fingerprint density at radius 3 is 1.12 bits per heavy atom. The summed E-state index contributed by atoms with van der Waals surface area (Å²) in [7, 11) is 0. The van der Waals surface area contributed by atoms with E-state index in [9.17, 15) is 14.4 Å². The third kappa shape index (κ3) is 28.7. The Morgan fingerprint density at radius 1 is 0.476 bits per heavy atom. The molecule has 4 N–H and O–H groups in total. The smallest absolute Gasteiger partial charge is 0.220 e. The van der Waals surface area contributed by atoms with Gasteiger partial charge < -0.3 is 16.4 Å². The lowest BCUT2D eigenvalue weighted by molar-refractivity contribution is -0.128. The van der Waals surface area contributed by atoms with Crippen molar-refractivity contribution < 1.29 is 14.4 Å². The van der Waals surface area contributed by atoms with Gasteiger partial charge in [-0.1, -0.05) is 168 Å². The number of unbranched alkanes of at least 4 members (excludes halogenated alkanes) is 24. The van der Waals surface area contributed by atoms with Crippen molar-refractivity contribution in [3.63, 3.8) is 0 Å². The van der Waals surface area contributed by atoms with Crippen LogP contribution in [0.25, 0.3) is 0 Å². The van der Waals surface area contributed by atoms with E-state index in [1.807, 2.05) is 0 Å². The largest absolute Gasteiger partial charge is 0.354 e. The van der Waals surface area contributed by atoms with Gasteiger partial charge in [-0.2, -0.15) is 0 Å². The van der Waals surface area contributed by atoms with Crippen LogP contribution in [0.3, 0.4) is 0 Å². The summed E-state index contributed by atoms with van der Waals surface area (Å²) < 4.78 is 0. The van der Waals surface area contributed by atoms with Crippen LogP contribution in [0.2, 0.25) is 0 Å². The van der Waals surface area contributed by atoms with Crippen LogP contribution in [-0.4, -0.2) is 36.7 Å². The summed E-state index contributed by atoms with van der Waals surface area (Å²) in [6.45, 7) is 4.50. The second-order valence-electron chi connectivity index (χ2n) is 12.6. The molecule has 0 saturated carbocycles. The highest BCUT2D eigenvalue weighted by Crippen LogP contribution is 2.14. The summed E-state index contributed by atoms with van der Waals surface area (Å²) in [5, 5.41) is 5.63. The second kappa shape index (κ2) is 32.5. The number of amides is 2. The summed E-state index contributed by atoms with van der Waals surface area (Å²) in [6.07, 6.45) is 33.9. The number of carbonyl (C=O) groups is 3. The maximum Gasteiger partial charge on any atom is 0.220 e. The fraction of sp³-hybridized carbons (Fsp3) is 0.917. The zero-order valence-corrected chi connectivity index (χ0v) is 28.1. The molecule has 6 heteroatoms. The molecule has 248 valence electrons. The van der Waals surface area contributed by atoms with Crippen LogP contribution >= 0.6 is 0 Å². The average Bonchev–Trinajstić information content (AvgIpc) is 2.99. The Labute approximate surface area is 260 Å². The van der Waals surface area contributed by atoms with E-state index >= 15 is 0 Å². The van der Waals surface area contributed by atoms with Crippen molar-refractivity contribution in [1.29, 1.82) is 0 Å². The number of hydrogen-bond donors (Lipinski definition) is 3. The number of ketones is 1. The van der Waals surface area contributed by atoms with Gasteiger partial charge in [0.1, 0.15) is 6.04 Å². The van der Waals surface area contributed by atoms with Gasteiger partial charge in [-0.05, 0) is 12.8 Å². The van der Waals surface area contributed by atoms with Crippen LogP contribution in [0.5, 0.6) is 0 Å². The molecule has 0 radical (unpaired) electrons. The lowest BCUT2D eigenvalue weighted by Crippen LogP contribution is -2.50. The Kier molecular flexibility index (Phi) is 31.4. The third-order valence-corrected chi connectivity index (χ3v) is 8.44. The normalized spacial score (nSPS) is 11.9. The molecule has 1 atom stereocenters. The van der Waals surface area contributed by atoms with Gasteiger partial charge >= 0.3 is 0 Å². The minimum Gasteiger partial charge on any atom is -0.354 e. The van der Waals surface area contributed by atoms with Crippen molar-refractivity contribution in [3.8, 4) is 0 Å². The highest BCUT2D eigenvalue weighted by Gasteiger charge is 2.20. The topological polar surface area (TPSA) is 101 Å². The van der Waals surface area contributed by atoms with Crippen molar-refractivity contribution in [2.24, 2.45) is 5.73 Å². The van der Waals surface area contributed by atoms with Gasteiger partial charge in [-0.15, -0.1) is 0 Å². The van der Waals surface area contributed by atoms with Gasteiger partial charge in [0, 0.05) is 19.4 Å². The lowest BCUT2D eigenvalue weighted by atomic mass is 10.0. The Balaban J connectivity index is 3.77. The second-order valence-corrected chi connectivity index (χ2v) is 12.6. The molecule has 0 aliphatic carbocycles. The van der Waals surface area contributed by atoms with Crippen LogP contribution in [0.1, 0.15) is 194 Å². The number of hydrogen-bond acceptors (Lipinski definition) is 4. The zero-order chi connectivity index (χ0) is 30.9. The van der Waals surface area contributed by atoms with E-state index < -0.39 is 6.04 Å². The van der Waals surface area contributed by atoms with E-state index in [0.717, 1.165) is 32.1 Å². The van der Waals surface area contributed by atoms with Crippen LogP contribution < -0.4 is 16.4 Å². The predicted molar refractivity (Wildman–Crippen MR) is 180 cm³/mol. The number of rotatable bonds is 33. The minimum atomic E-state index is -0.736. The fourth-order valence-corrected chi connectivity index (χ4v) is 5.57. The van der Waals surface area contributed by atoms with E-state index in [-0.39, 0.29) is 30.7 Å². The number of carbonyl (C=O) groups excluding carboxylic acids is 3. The first kappa shape index (κ1) is 40.6. The summed E-state index contributed by atoms with van der Waals surface area (Å²) >= 11 is 0. The van der Waals surface area contributed by atoms with Gasteiger partial charge in [0.2, 0.25) is 11.8 Å². The molecule has 0 bridgehead atoms. The molecule has 0 rings (SSSR count). The van der Waals surface area contributed by atoms with E-state index in [2.05, 4.69) is 24.5 Å². The Morgan fingerprint density at radius 2 is 0.786 bits per heavy atom. The maximum atomic E-state index is 12.4. The van der Waals surface area contributed by atoms with Gasteiger partial charge in [-0.25, -0.2) is 0 Å². The lowest BCUT2D eigenvalue weighted by Gasteiger charge is -2.18. The van der Waals surface area contributed by atoms with Crippen LogP contribution in [-0.2, 0) is 14.4 Å². The molecule has 0 aromatic heterocycles. The minimum absolute atomic E-state index is 0.0568. The molecule has 42 heavy (non-hydrogen) atoms. The first-order chi connectivity index (χ1) is 20.5. The van der Waals surface area contributed by atoms with E-state index in [0.29, 0.717) is 12.8 Å². The van der Waals surface area contributed by atoms with E-state index in [1.165, 1.54) is 135 Å². The summed E-state index contributed by atoms with van der Waals surface area (Å²) in [4.78, 5) is 36.9. The summed E-state index contributed by atoms with van der Waals surface area (Å²) in [6, 6.07) is -0.736. The van der Waals surface area contributed by atoms with Gasteiger partial charge in [-0.3, -0.25) is 14.4 Å². The maximum absolute atomic E-state index is 12.4. The number of Topliss-reactive ketones (excluding diaryl/α,β-unsaturated/α-hetero) is 1. The van der Waals surface area contributed by atoms with Crippen LogP contribution in [0.15, 0.2) is 0 Å². The molecule has 0 fully saturated rings. The zero-order valence-electron chi connectivity index (χ0n) is 28.1. The van der Waals surface area contributed by atoms with Crippen molar-refractivity contribution in [1.82, 2.24) is 10.6 Å². The monoisotopic (exact) mass is 594 g/mol. The fourth-order valence-electron chi connectivity index (χ4n) is 5.57. The van der Waals surface area contributed by atoms with Crippen LogP contribution in [0.4, 0.5) is 0 Å². The molecule has 0 saturated heterocycles. The molecular formula is C36H71N3O3. The standard InChI is InChI=1S/C36H71N3O3/c1-3-5-7-9-11-13-15-17-19-21-23-25-27-29-35(41)38-32-33(34(40)31-37)39-36(42)30-28-26-24-22-20-18-16-14-12-10-8-6-4-2/h33H,3-32,37H2,1-2H3,(H,38,41)(H,39,42). The molecule has 0 aromatic carbocycles. The van der Waals surface area contributed by atoms with Crippen molar-refractivity contribution in [2.75, 3.05) is 13.1 Å². The van der Waals surface area contributed by atoms with Crippen LogP contribution in [0, 0.1) is 0 Å². The molecule has 0 aliphatic rings. The van der Waals surface area contributed by atoms with Gasteiger partial charge in [0.05, 0.1) is 6.54 Å². The first-order valence-electron chi connectivity index (χ1n) is 18.3. The van der Waals surface area contributed by atoms with E-state index in [1.54, 1.807) is 0 Å². The van der Waals surface area contributed by atoms with Gasteiger partial charge in [0.15, 0.2) is 5.78 Å². The molecule has 0 aliphatic heterocycles. The number of nitrogens with two attached hydrogens (primary N) is 1. The molecular weight excluding hydrogens is 522 g/mol. The molecule has 0 heterocycles.